The summed E-state index contributed by atoms with van der Waals surface area (Å²) in [6.07, 6.45) is -0.0198. The number of hydrogen-bond donors (Lipinski definition) is 3. The molecule has 1 atom stereocenters. The van der Waals surface area contributed by atoms with Crippen LogP contribution in [0.5, 0.6) is 0 Å². The maximum atomic E-state index is 11.9. The van der Waals surface area contributed by atoms with Crippen LogP contribution in [0, 0.1) is 6.92 Å². The average molecular weight is 316 g/mol. The van der Waals surface area contributed by atoms with Gasteiger partial charge in [-0.3, -0.25) is 4.79 Å². The topological polar surface area (TPSA) is 86.6 Å². The minimum atomic E-state index is -1.16. The SMILES string of the molecule is Cc1cc(Br)cc(C(=O)N[C@@H](CCO)C(=O)O)c1. The number of carbonyl (C=O) groups is 2. The molecule has 0 saturated carbocycles. The van der Waals surface area contributed by atoms with Crippen LogP contribution in [0.2, 0.25) is 0 Å². The predicted octanol–water partition coefficient (Wildman–Crippen LogP) is 1.32. The van der Waals surface area contributed by atoms with E-state index in [1.165, 1.54) is 0 Å². The molecule has 0 aliphatic heterocycles. The molecule has 0 unspecified atom stereocenters. The number of halogens is 1. The molecule has 0 saturated heterocycles. The first kappa shape index (κ1) is 14.7. The van der Waals surface area contributed by atoms with Crippen molar-refractivity contribution in [3.63, 3.8) is 0 Å². The zero-order chi connectivity index (χ0) is 13.7. The molecule has 0 radical (unpaired) electrons. The normalized spacial score (nSPS) is 11.9. The van der Waals surface area contributed by atoms with Crippen molar-refractivity contribution in [3.8, 4) is 0 Å². The summed E-state index contributed by atoms with van der Waals surface area (Å²) in [5.74, 6) is -1.63. The summed E-state index contributed by atoms with van der Waals surface area (Å²) in [5.41, 5.74) is 1.27. The molecule has 18 heavy (non-hydrogen) atoms. The smallest absolute Gasteiger partial charge is 0.326 e. The van der Waals surface area contributed by atoms with Crippen LogP contribution in [0.3, 0.4) is 0 Å². The summed E-state index contributed by atoms with van der Waals surface area (Å²) >= 11 is 3.27. The van der Waals surface area contributed by atoms with Crippen LogP contribution in [0.1, 0.15) is 22.3 Å². The Labute approximate surface area is 113 Å². The first-order chi connectivity index (χ1) is 8.43. The molecule has 98 valence electrons. The van der Waals surface area contributed by atoms with Crippen LogP contribution in [-0.2, 0) is 4.79 Å². The summed E-state index contributed by atoms with van der Waals surface area (Å²) in [7, 11) is 0. The number of carboxylic acids is 1. The zero-order valence-electron chi connectivity index (χ0n) is 9.81. The number of aliphatic hydroxyl groups excluding tert-OH is 1. The van der Waals surface area contributed by atoms with Gasteiger partial charge in [-0.25, -0.2) is 4.79 Å². The minimum absolute atomic E-state index is 0.0198. The predicted molar refractivity (Wildman–Crippen MR) is 69.5 cm³/mol. The van der Waals surface area contributed by atoms with Crippen molar-refractivity contribution >= 4 is 27.8 Å². The van der Waals surface area contributed by atoms with Crippen molar-refractivity contribution in [2.24, 2.45) is 0 Å². The number of carbonyl (C=O) groups excluding carboxylic acids is 1. The summed E-state index contributed by atoms with van der Waals surface area (Å²) in [4.78, 5) is 22.7. The van der Waals surface area contributed by atoms with Gasteiger partial charge in [-0.15, -0.1) is 0 Å². The summed E-state index contributed by atoms with van der Waals surface area (Å²) < 4.78 is 0.752. The highest BCUT2D eigenvalue weighted by Crippen LogP contribution is 2.15. The van der Waals surface area contributed by atoms with Crippen LogP contribution in [0.15, 0.2) is 22.7 Å². The van der Waals surface area contributed by atoms with Gasteiger partial charge < -0.3 is 15.5 Å². The lowest BCUT2D eigenvalue weighted by Gasteiger charge is -2.13. The standard InChI is InChI=1S/C12H14BrNO4/c1-7-4-8(6-9(13)5-7)11(16)14-10(2-3-15)12(17)18/h4-6,10,15H,2-3H2,1H3,(H,14,16)(H,17,18)/t10-/m0/s1. The van der Waals surface area contributed by atoms with Gasteiger partial charge in [-0.05, 0) is 30.7 Å². The quantitative estimate of drug-likeness (QED) is 0.765. The highest BCUT2D eigenvalue weighted by molar-refractivity contribution is 9.10. The fraction of sp³-hybridized carbons (Fsp3) is 0.333. The van der Waals surface area contributed by atoms with E-state index in [9.17, 15) is 9.59 Å². The lowest BCUT2D eigenvalue weighted by Crippen LogP contribution is -2.41. The monoisotopic (exact) mass is 315 g/mol. The molecule has 1 aromatic carbocycles. The first-order valence-corrected chi connectivity index (χ1v) is 6.15. The number of benzene rings is 1. The Balaban J connectivity index is 2.83. The molecular formula is C12H14BrNO4. The fourth-order valence-corrected chi connectivity index (χ4v) is 2.10. The van der Waals surface area contributed by atoms with Crippen LogP contribution >= 0.6 is 15.9 Å². The lowest BCUT2D eigenvalue weighted by atomic mass is 10.1. The number of amides is 1. The van der Waals surface area contributed by atoms with Gasteiger partial charge >= 0.3 is 5.97 Å². The van der Waals surface area contributed by atoms with E-state index in [-0.39, 0.29) is 13.0 Å². The van der Waals surface area contributed by atoms with Crippen molar-refractivity contribution in [1.29, 1.82) is 0 Å². The van der Waals surface area contributed by atoms with E-state index in [0.717, 1.165) is 10.0 Å². The van der Waals surface area contributed by atoms with Crippen LogP contribution in [0.4, 0.5) is 0 Å². The van der Waals surface area contributed by atoms with Crippen molar-refractivity contribution in [2.75, 3.05) is 6.61 Å². The van der Waals surface area contributed by atoms with Gasteiger partial charge in [0.25, 0.3) is 5.91 Å². The number of aryl methyl sites for hydroxylation is 1. The Morgan fingerprint density at radius 1 is 1.39 bits per heavy atom. The van der Waals surface area contributed by atoms with Crippen molar-refractivity contribution in [3.05, 3.63) is 33.8 Å². The van der Waals surface area contributed by atoms with Gasteiger partial charge in [-0.1, -0.05) is 15.9 Å². The molecule has 0 fully saturated rings. The Morgan fingerprint density at radius 2 is 2.06 bits per heavy atom. The number of nitrogens with one attached hydrogen (secondary N) is 1. The molecule has 1 rings (SSSR count). The van der Waals surface area contributed by atoms with Crippen LogP contribution in [0.25, 0.3) is 0 Å². The van der Waals surface area contributed by atoms with Gasteiger partial charge in [0, 0.05) is 23.1 Å². The molecular weight excluding hydrogens is 302 g/mol. The Kier molecular flexibility index (Phi) is 5.30. The molecule has 0 aliphatic carbocycles. The van der Waals surface area contributed by atoms with E-state index < -0.39 is 17.9 Å². The largest absolute Gasteiger partial charge is 0.480 e. The van der Waals surface area contributed by atoms with Gasteiger partial charge in [0.2, 0.25) is 0 Å². The van der Waals surface area contributed by atoms with Crippen molar-refractivity contribution in [2.45, 2.75) is 19.4 Å². The number of carboxylic acid groups (broad SMARTS) is 1. The molecule has 0 aliphatic rings. The first-order valence-electron chi connectivity index (χ1n) is 5.35. The zero-order valence-corrected chi connectivity index (χ0v) is 11.4. The van der Waals surface area contributed by atoms with E-state index in [4.69, 9.17) is 10.2 Å². The number of rotatable bonds is 5. The van der Waals surface area contributed by atoms with E-state index in [2.05, 4.69) is 21.2 Å². The molecule has 1 aromatic rings. The molecule has 6 heteroatoms. The Bertz CT molecular complexity index is 441. The average Bonchev–Trinajstić information content (AvgIpc) is 2.26. The molecule has 3 N–H and O–H groups in total. The summed E-state index contributed by atoms with van der Waals surface area (Å²) in [6.45, 7) is 1.54. The highest BCUT2D eigenvalue weighted by atomic mass is 79.9. The van der Waals surface area contributed by atoms with E-state index in [1.54, 1.807) is 12.1 Å². The fourth-order valence-electron chi connectivity index (χ4n) is 1.50. The van der Waals surface area contributed by atoms with E-state index >= 15 is 0 Å². The number of hydrogen-bond acceptors (Lipinski definition) is 3. The van der Waals surface area contributed by atoms with Gasteiger partial charge in [0.15, 0.2) is 0 Å². The van der Waals surface area contributed by atoms with Crippen LogP contribution in [-0.4, -0.2) is 34.7 Å². The highest BCUT2D eigenvalue weighted by Gasteiger charge is 2.20. The maximum Gasteiger partial charge on any atom is 0.326 e. The van der Waals surface area contributed by atoms with Gasteiger partial charge in [0.1, 0.15) is 6.04 Å². The Morgan fingerprint density at radius 3 is 2.56 bits per heavy atom. The van der Waals surface area contributed by atoms with E-state index in [1.807, 2.05) is 13.0 Å². The molecule has 0 bridgehead atoms. The number of aliphatic hydroxyl groups is 1. The summed E-state index contributed by atoms with van der Waals surface area (Å²) in [5, 5.41) is 20.0. The third kappa shape index (κ3) is 4.12. The molecule has 0 aromatic heterocycles. The maximum absolute atomic E-state index is 11.9. The Hall–Kier alpha value is -1.40. The second-order valence-corrected chi connectivity index (χ2v) is 4.81. The van der Waals surface area contributed by atoms with Gasteiger partial charge in [0.05, 0.1) is 0 Å². The van der Waals surface area contributed by atoms with Crippen LogP contribution < -0.4 is 5.32 Å². The van der Waals surface area contributed by atoms with E-state index in [0.29, 0.717) is 5.56 Å². The molecule has 1 amide bonds. The second-order valence-electron chi connectivity index (χ2n) is 3.89. The summed E-state index contributed by atoms with van der Waals surface area (Å²) in [6, 6.07) is 4.04. The number of aliphatic carboxylic acids is 1. The van der Waals surface area contributed by atoms with Crippen molar-refractivity contribution < 1.29 is 19.8 Å². The lowest BCUT2D eigenvalue weighted by molar-refractivity contribution is -0.139. The molecule has 0 heterocycles. The molecule has 0 spiro atoms. The van der Waals surface area contributed by atoms with Gasteiger partial charge in [-0.2, -0.15) is 0 Å². The minimum Gasteiger partial charge on any atom is -0.480 e. The second kappa shape index (κ2) is 6.51. The molecule has 5 nitrogen and oxygen atoms in total. The third-order valence-electron chi connectivity index (χ3n) is 2.33. The van der Waals surface area contributed by atoms with Crippen molar-refractivity contribution in [1.82, 2.24) is 5.32 Å². The third-order valence-corrected chi connectivity index (χ3v) is 2.78.